The van der Waals surface area contributed by atoms with Gasteiger partial charge in [-0.05, 0) is 87.3 Å². The van der Waals surface area contributed by atoms with E-state index in [2.05, 4.69) is 27.3 Å². The van der Waals surface area contributed by atoms with Crippen molar-refractivity contribution in [2.45, 2.75) is 70.0 Å². The largest absolute Gasteiger partial charge is 0.451 e. The summed E-state index contributed by atoms with van der Waals surface area (Å²) in [5.41, 5.74) is -0.739. The van der Waals surface area contributed by atoms with Crippen LogP contribution in [0.25, 0.3) is 11.0 Å². The van der Waals surface area contributed by atoms with Crippen molar-refractivity contribution in [2.24, 2.45) is 23.7 Å². The molecule has 250 valence electrons. The van der Waals surface area contributed by atoms with Gasteiger partial charge in [-0.3, -0.25) is 28.8 Å². The van der Waals surface area contributed by atoms with Crippen LogP contribution in [-0.4, -0.2) is 52.6 Å². The second kappa shape index (κ2) is 13.1. The number of fused-ring (bicyclic) bond motifs is 1. The van der Waals surface area contributed by atoms with Gasteiger partial charge in [0.2, 0.25) is 17.6 Å². The lowest BCUT2D eigenvalue weighted by Crippen LogP contribution is -2.65. The topological polar surface area (TPSA) is 192 Å². The van der Waals surface area contributed by atoms with E-state index in [1.807, 2.05) is 0 Å². The van der Waals surface area contributed by atoms with Gasteiger partial charge in [-0.25, -0.2) is 0 Å². The maximum Gasteiger partial charge on any atom is 0.287 e. The molecule has 1 atom stereocenters. The molecular formula is C35H38N6O7. The van der Waals surface area contributed by atoms with Gasteiger partial charge in [0.1, 0.15) is 29.4 Å². The number of ketones is 1. The molecule has 4 aliphatic carbocycles. The van der Waals surface area contributed by atoms with Gasteiger partial charge in [-0.2, -0.15) is 5.26 Å². The van der Waals surface area contributed by atoms with E-state index in [1.165, 1.54) is 31.8 Å². The van der Waals surface area contributed by atoms with Crippen LogP contribution in [0.4, 0.5) is 5.69 Å². The van der Waals surface area contributed by atoms with Crippen LogP contribution in [0.1, 0.15) is 61.1 Å². The number of nitrogens with zero attached hydrogens (tertiary/aromatic N) is 2. The minimum Gasteiger partial charge on any atom is -0.451 e. The third-order valence-corrected chi connectivity index (χ3v) is 10.4. The van der Waals surface area contributed by atoms with Crippen LogP contribution in [0.5, 0.6) is 0 Å². The number of para-hydroxylation sites is 1. The summed E-state index contributed by atoms with van der Waals surface area (Å²) < 4.78 is 6.87. The Bertz CT molecular complexity index is 1870. The van der Waals surface area contributed by atoms with Gasteiger partial charge in [0.15, 0.2) is 5.76 Å². The molecule has 4 N–H and O–H groups in total. The third kappa shape index (κ3) is 6.10. The lowest BCUT2D eigenvalue weighted by Gasteiger charge is -2.58. The van der Waals surface area contributed by atoms with Crippen molar-refractivity contribution in [3.63, 3.8) is 0 Å². The first-order chi connectivity index (χ1) is 23.0. The van der Waals surface area contributed by atoms with Gasteiger partial charge in [-0.1, -0.05) is 18.2 Å². The Morgan fingerprint density at radius 3 is 2.35 bits per heavy atom. The number of carbonyl (C=O) groups excluding carboxylic acids is 5. The number of rotatable bonds is 11. The summed E-state index contributed by atoms with van der Waals surface area (Å²) in [5, 5.41) is 21.3. The second-order valence-corrected chi connectivity index (χ2v) is 13.3. The van der Waals surface area contributed by atoms with Gasteiger partial charge in [0.05, 0.1) is 6.07 Å². The van der Waals surface area contributed by atoms with Gasteiger partial charge in [0, 0.05) is 30.6 Å². The van der Waals surface area contributed by atoms with E-state index in [9.17, 15) is 34.0 Å². The first-order valence-electron chi connectivity index (χ1n) is 16.3. The maximum absolute atomic E-state index is 13.5. The highest BCUT2D eigenvalue weighted by Gasteiger charge is 2.58. The smallest absolute Gasteiger partial charge is 0.287 e. The summed E-state index contributed by atoms with van der Waals surface area (Å²) in [7, 11) is 1.31. The highest BCUT2D eigenvalue weighted by atomic mass is 16.3. The zero-order valence-corrected chi connectivity index (χ0v) is 26.8. The average molecular weight is 655 g/mol. The molecule has 0 saturated heterocycles. The number of carbonyl (C=O) groups is 5. The van der Waals surface area contributed by atoms with Gasteiger partial charge in [-0.15, -0.1) is 0 Å². The molecule has 3 aromatic rings. The van der Waals surface area contributed by atoms with E-state index < -0.39 is 46.6 Å². The molecular weight excluding hydrogens is 616 g/mol. The van der Waals surface area contributed by atoms with Crippen LogP contribution >= 0.6 is 0 Å². The van der Waals surface area contributed by atoms with Crippen molar-refractivity contribution in [1.29, 1.82) is 5.26 Å². The molecule has 0 aliphatic heterocycles. The van der Waals surface area contributed by atoms with Crippen LogP contribution in [0.2, 0.25) is 0 Å². The zero-order valence-electron chi connectivity index (χ0n) is 26.8. The number of furan rings is 1. The van der Waals surface area contributed by atoms with Crippen LogP contribution in [0.3, 0.4) is 0 Å². The number of aryl methyl sites for hydroxylation is 1. The van der Waals surface area contributed by atoms with E-state index in [-0.39, 0.29) is 42.7 Å². The number of nitrogens with one attached hydrogen (secondary N) is 4. The second-order valence-electron chi connectivity index (χ2n) is 13.3. The Labute approximate surface area is 276 Å². The average Bonchev–Trinajstić information content (AvgIpc) is 3.41. The number of hydrogen-bond donors (Lipinski definition) is 4. The molecule has 4 fully saturated rings. The first-order valence-corrected chi connectivity index (χ1v) is 16.3. The number of Topliss-reactive ketones (excluding diaryl/α,β-unsaturated/α-hetero) is 1. The number of anilines is 1. The monoisotopic (exact) mass is 654 g/mol. The van der Waals surface area contributed by atoms with Crippen molar-refractivity contribution in [2.75, 3.05) is 12.4 Å². The Hall–Kier alpha value is -5.25. The molecule has 1 aromatic carbocycles. The molecule has 0 unspecified atom stereocenters. The molecule has 13 heteroatoms. The standard InChI is InChI=1S/C35H38N6O7/c1-19-24-6-3-4-8-28(24)48-30(19)33(46)38-25(9-10-27(42)32(45)37-2)31(44)39-26-7-5-11-41(34(26)47)17-29(43)40-35(18-36)22-13-20-12-21(15-22)16-23(35)14-20/h3-8,11,20-23,25H,9-10,12-17H2,1-2H3,(H,37,45)(H,38,46)(H,39,44)(H,40,43)/t20?,21?,22?,23?,25-,35?/m0/s1. The number of nitriles is 1. The molecule has 4 aliphatic rings. The van der Waals surface area contributed by atoms with Crippen molar-refractivity contribution in [1.82, 2.24) is 20.5 Å². The van der Waals surface area contributed by atoms with E-state index in [0.29, 0.717) is 23.0 Å². The minimum absolute atomic E-state index is 0.0195. The highest BCUT2D eigenvalue weighted by Crippen LogP contribution is 2.58. The van der Waals surface area contributed by atoms with Crippen LogP contribution < -0.4 is 26.8 Å². The lowest BCUT2D eigenvalue weighted by atomic mass is 9.49. The zero-order chi connectivity index (χ0) is 34.2. The summed E-state index contributed by atoms with van der Waals surface area (Å²) in [6.45, 7) is 1.35. The molecule has 4 amide bonds. The van der Waals surface area contributed by atoms with E-state index in [1.54, 1.807) is 31.2 Å². The quantitative estimate of drug-likeness (QED) is 0.227. The van der Waals surface area contributed by atoms with Crippen molar-refractivity contribution in [3.05, 3.63) is 64.3 Å². The number of pyridine rings is 1. The van der Waals surface area contributed by atoms with Gasteiger partial charge >= 0.3 is 0 Å². The fraction of sp³-hybridized carbons (Fsp3) is 0.457. The molecule has 4 saturated carbocycles. The third-order valence-electron chi connectivity index (χ3n) is 10.4. The predicted octanol–water partition coefficient (Wildman–Crippen LogP) is 2.57. The molecule has 13 nitrogen and oxygen atoms in total. The maximum atomic E-state index is 13.5. The Morgan fingerprint density at radius 2 is 1.71 bits per heavy atom. The normalized spacial score (nSPS) is 24.4. The van der Waals surface area contributed by atoms with Gasteiger partial charge < -0.3 is 30.3 Å². The van der Waals surface area contributed by atoms with Crippen molar-refractivity contribution in [3.8, 4) is 6.07 Å². The first kappa shape index (κ1) is 32.7. The van der Waals surface area contributed by atoms with E-state index in [0.717, 1.165) is 35.6 Å². The van der Waals surface area contributed by atoms with Crippen molar-refractivity contribution < 1.29 is 28.4 Å². The van der Waals surface area contributed by atoms with Crippen LogP contribution in [0, 0.1) is 41.9 Å². The van der Waals surface area contributed by atoms with Gasteiger partial charge in [0.25, 0.3) is 17.4 Å². The number of hydrogen-bond acceptors (Lipinski definition) is 8. The van der Waals surface area contributed by atoms with Crippen molar-refractivity contribution >= 4 is 46.1 Å². The predicted molar refractivity (Wildman–Crippen MR) is 173 cm³/mol. The summed E-state index contributed by atoms with van der Waals surface area (Å²) in [6, 6.07) is 11.0. The fourth-order valence-corrected chi connectivity index (χ4v) is 8.16. The molecule has 2 aromatic heterocycles. The minimum atomic E-state index is -1.33. The SMILES string of the molecule is CNC(=O)C(=O)CC[C@H](NC(=O)c1oc2ccccc2c1C)C(=O)Nc1cccn(CC(=O)NC2(C#N)C3CC4CC(C3)CC2C4)c1=O. The molecule has 0 radical (unpaired) electrons. The summed E-state index contributed by atoms with van der Waals surface area (Å²) >= 11 is 0. The Balaban J connectivity index is 1.17. The van der Waals surface area contributed by atoms with E-state index in [4.69, 9.17) is 4.42 Å². The van der Waals surface area contributed by atoms with Crippen LogP contribution in [-0.2, 0) is 25.7 Å². The van der Waals surface area contributed by atoms with Crippen LogP contribution in [0.15, 0.2) is 51.8 Å². The number of amides is 4. The Kier molecular flexibility index (Phi) is 8.92. The summed E-state index contributed by atoms with van der Waals surface area (Å²) in [4.78, 5) is 77.7. The molecule has 2 heterocycles. The number of likely N-dealkylation sites (N-methyl/N-ethyl adjacent to an activating group) is 1. The molecule has 4 bridgehead atoms. The Morgan fingerprint density at radius 1 is 1.02 bits per heavy atom. The van der Waals surface area contributed by atoms with E-state index >= 15 is 0 Å². The molecule has 0 spiro atoms. The number of benzene rings is 1. The lowest BCUT2D eigenvalue weighted by molar-refractivity contribution is -0.137. The fourth-order valence-electron chi connectivity index (χ4n) is 8.16. The summed E-state index contributed by atoms with van der Waals surface area (Å²) in [6.07, 6.45) is 5.70. The highest BCUT2D eigenvalue weighted by molar-refractivity contribution is 6.36. The number of aromatic nitrogens is 1. The molecule has 7 rings (SSSR count). The summed E-state index contributed by atoms with van der Waals surface area (Å²) in [5.74, 6) is -2.24. The molecule has 48 heavy (non-hydrogen) atoms.